The van der Waals surface area contributed by atoms with Crippen LogP contribution in [0.4, 0.5) is 5.69 Å². The van der Waals surface area contributed by atoms with Gasteiger partial charge in [0.25, 0.3) is 0 Å². The third-order valence-corrected chi connectivity index (χ3v) is 7.93. The van der Waals surface area contributed by atoms with Crippen molar-refractivity contribution in [2.24, 2.45) is 5.41 Å². The lowest BCUT2D eigenvalue weighted by Crippen LogP contribution is -2.32. The number of aromatic nitrogens is 3. The first-order chi connectivity index (χ1) is 13.6. The molecular weight excluding hydrogens is 384 g/mol. The third-order valence-electron chi connectivity index (χ3n) is 6.98. The van der Waals surface area contributed by atoms with Gasteiger partial charge in [-0.05, 0) is 56.4 Å². The molecule has 0 aliphatic heterocycles. The number of thioether (sulfide) groups is 1. The number of carbonyl (C=O) groups excluding carboxylic acids is 2. The number of hydrogen-bond acceptors (Lipinski definition) is 6. The van der Waals surface area contributed by atoms with E-state index in [0.717, 1.165) is 24.2 Å². The molecule has 1 saturated carbocycles. The molecule has 2 aliphatic carbocycles. The van der Waals surface area contributed by atoms with E-state index in [4.69, 9.17) is 4.98 Å². The Bertz CT molecular complexity index is 989. The number of carbonyl (C=O) groups is 2. The second-order valence-electron chi connectivity index (χ2n) is 8.86. The van der Waals surface area contributed by atoms with Crippen molar-refractivity contribution in [1.82, 2.24) is 15.2 Å². The Balaban J connectivity index is 1.46. The summed E-state index contributed by atoms with van der Waals surface area (Å²) >= 11 is 1.32. The van der Waals surface area contributed by atoms with Gasteiger partial charge in [0.2, 0.25) is 11.1 Å². The Morgan fingerprint density at radius 2 is 1.86 bits per heavy atom. The number of fused-ring (bicyclic) bond motifs is 5. The van der Waals surface area contributed by atoms with Crippen LogP contribution in [-0.4, -0.2) is 32.1 Å². The van der Waals surface area contributed by atoms with Gasteiger partial charge < -0.3 is 5.32 Å². The number of ketones is 1. The summed E-state index contributed by atoms with van der Waals surface area (Å²) in [4.78, 5) is 28.8. The van der Waals surface area contributed by atoms with Crippen molar-refractivity contribution in [2.45, 2.75) is 69.2 Å². The van der Waals surface area contributed by atoms with Crippen molar-refractivity contribution in [3.05, 3.63) is 41.2 Å². The average molecular weight is 411 g/mol. The van der Waals surface area contributed by atoms with Crippen LogP contribution < -0.4 is 5.32 Å². The summed E-state index contributed by atoms with van der Waals surface area (Å²) in [6.45, 7) is 10.2. The van der Waals surface area contributed by atoms with Gasteiger partial charge in [-0.2, -0.15) is 5.10 Å². The highest BCUT2D eigenvalue weighted by molar-refractivity contribution is 8.00. The molecule has 1 aromatic heterocycles. The van der Waals surface area contributed by atoms with E-state index in [9.17, 15) is 9.59 Å². The zero-order valence-electron chi connectivity index (χ0n) is 17.4. The van der Waals surface area contributed by atoms with Crippen LogP contribution in [0.1, 0.15) is 75.1 Å². The van der Waals surface area contributed by atoms with Crippen molar-refractivity contribution in [1.29, 1.82) is 0 Å². The van der Waals surface area contributed by atoms with Gasteiger partial charge in [0, 0.05) is 22.6 Å². The number of Topliss-reactive ketones (excluding diaryl/α,β-unsaturated/α-hetero) is 1. The highest BCUT2D eigenvalue weighted by atomic mass is 32.2. The molecule has 29 heavy (non-hydrogen) atoms. The van der Waals surface area contributed by atoms with Crippen LogP contribution in [0.15, 0.2) is 29.4 Å². The first kappa shape index (κ1) is 20.0. The minimum atomic E-state index is -0.373. The lowest BCUT2D eigenvalue weighted by molar-refractivity contribution is -0.115. The van der Waals surface area contributed by atoms with E-state index in [-0.39, 0.29) is 27.8 Å². The molecule has 2 aliphatic rings. The van der Waals surface area contributed by atoms with Crippen LogP contribution in [0.2, 0.25) is 0 Å². The van der Waals surface area contributed by atoms with Crippen molar-refractivity contribution < 1.29 is 9.59 Å². The molecule has 4 rings (SSSR count). The molecular formula is C22H26N4O2S. The molecule has 6 nitrogen and oxygen atoms in total. The number of amides is 1. The predicted octanol–water partition coefficient (Wildman–Crippen LogP) is 4.37. The molecule has 0 spiro atoms. The zero-order chi connectivity index (χ0) is 21.0. The summed E-state index contributed by atoms with van der Waals surface area (Å²) in [6, 6.07) is 6.89. The molecule has 3 unspecified atom stereocenters. The fraction of sp³-hybridized carbons (Fsp3) is 0.500. The Hall–Kier alpha value is -2.28. The van der Waals surface area contributed by atoms with Gasteiger partial charge in [-0.3, -0.25) is 9.59 Å². The van der Waals surface area contributed by atoms with Gasteiger partial charge in [0.05, 0.1) is 16.6 Å². The number of rotatable bonds is 5. The zero-order valence-corrected chi connectivity index (χ0v) is 18.3. The van der Waals surface area contributed by atoms with Crippen LogP contribution in [0.5, 0.6) is 0 Å². The topological polar surface area (TPSA) is 84.8 Å². The maximum absolute atomic E-state index is 12.6. The summed E-state index contributed by atoms with van der Waals surface area (Å²) in [7, 11) is 0. The van der Waals surface area contributed by atoms with E-state index in [1.807, 2.05) is 6.92 Å². The van der Waals surface area contributed by atoms with Crippen LogP contribution in [0.25, 0.3) is 0 Å². The van der Waals surface area contributed by atoms with Gasteiger partial charge in [0.15, 0.2) is 5.78 Å². The lowest BCUT2D eigenvalue weighted by Gasteiger charge is -2.34. The molecule has 1 N–H and O–H groups in total. The van der Waals surface area contributed by atoms with E-state index in [0.29, 0.717) is 22.3 Å². The van der Waals surface area contributed by atoms with Gasteiger partial charge in [-0.1, -0.05) is 32.5 Å². The summed E-state index contributed by atoms with van der Waals surface area (Å²) in [6.07, 6.45) is 2.26. The lowest BCUT2D eigenvalue weighted by atomic mass is 9.70. The second-order valence-corrected chi connectivity index (χ2v) is 10.2. The highest BCUT2D eigenvalue weighted by Crippen LogP contribution is 2.66. The van der Waals surface area contributed by atoms with Crippen molar-refractivity contribution >= 4 is 29.1 Å². The third kappa shape index (κ3) is 3.16. The fourth-order valence-corrected chi connectivity index (χ4v) is 5.37. The molecule has 1 aromatic carbocycles. The highest BCUT2D eigenvalue weighted by Gasteiger charge is 2.61. The Morgan fingerprint density at radius 3 is 2.52 bits per heavy atom. The summed E-state index contributed by atoms with van der Waals surface area (Å²) in [5, 5.41) is 11.9. The molecule has 2 aromatic rings. The minimum absolute atomic E-state index is 0.00127. The number of hydrogen-bond donors (Lipinski definition) is 1. The summed E-state index contributed by atoms with van der Waals surface area (Å²) < 4.78 is 0. The molecule has 1 heterocycles. The first-order valence-corrected chi connectivity index (χ1v) is 10.8. The standard InChI is InChI=1S/C22H26N4O2S/c1-12(27)14-6-8-15(9-7-14)23-19(28)13(2)29-20-24-18-17(25-26-20)16-10-11-22(18,5)21(16,3)4/h6-9,13,16H,10-11H2,1-5H3,(H,23,28). The fourth-order valence-electron chi connectivity index (χ4n) is 4.66. The Kier molecular flexibility index (Phi) is 4.76. The second kappa shape index (κ2) is 6.90. The average Bonchev–Trinajstić information content (AvgIpc) is 3.01. The number of nitrogens with one attached hydrogen (secondary N) is 1. The molecule has 1 fully saturated rings. The number of nitrogens with zero attached hydrogens (tertiary/aromatic N) is 3. The van der Waals surface area contributed by atoms with E-state index in [1.54, 1.807) is 24.3 Å². The van der Waals surface area contributed by atoms with E-state index in [1.165, 1.54) is 18.7 Å². The van der Waals surface area contributed by atoms with Gasteiger partial charge in [0.1, 0.15) is 0 Å². The molecule has 3 atom stereocenters. The molecule has 0 radical (unpaired) electrons. The maximum Gasteiger partial charge on any atom is 0.237 e. The smallest absolute Gasteiger partial charge is 0.237 e. The van der Waals surface area contributed by atoms with E-state index in [2.05, 4.69) is 36.3 Å². The maximum atomic E-state index is 12.6. The normalized spacial score (nSPS) is 24.8. The van der Waals surface area contributed by atoms with Crippen molar-refractivity contribution in [2.75, 3.05) is 5.32 Å². The Labute approximate surface area is 175 Å². The van der Waals surface area contributed by atoms with E-state index >= 15 is 0 Å². The van der Waals surface area contributed by atoms with Crippen LogP contribution in [-0.2, 0) is 10.2 Å². The van der Waals surface area contributed by atoms with Gasteiger partial charge in [-0.15, -0.1) is 5.10 Å². The number of benzene rings is 1. The Morgan fingerprint density at radius 1 is 1.17 bits per heavy atom. The van der Waals surface area contributed by atoms with Crippen molar-refractivity contribution in [3.8, 4) is 0 Å². The predicted molar refractivity (Wildman–Crippen MR) is 113 cm³/mol. The summed E-state index contributed by atoms with van der Waals surface area (Å²) in [5.74, 6) is 0.279. The SMILES string of the molecule is CC(=O)c1ccc(NC(=O)C(C)Sc2nnc3c(n2)C2(C)CCC3C2(C)C)cc1. The largest absolute Gasteiger partial charge is 0.325 e. The first-order valence-electron chi connectivity index (χ1n) is 9.97. The molecule has 152 valence electrons. The molecule has 2 bridgehead atoms. The quantitative estimate of drug-likeness (QED) is 0.582. The number of anilines is 1. The van der Waals surface area contributed by atoms with Gasteiger partial charge >= 0.3 is 0 Å². The van der Waals surface area contributed by atoms with Gasteiger partial charge in [-0.25, -0.2) is 4.98 Å². The molecule has 7 heteroatoms. The van der Waals surface area contributed by atoms with Crippen LogP contribution >= 0.6 is 11.8 Å². The minimum Gasteiger partial charge on any atom is -0.325 e. The molecule has 1 amide bonds. The van der Waals surface area contributed by atoms with Crippen LogP contribution in [0.3, 0.4) is 0 Å². The summed E-state index contributed by atoms with van der Waals surface area (Å²) in [5.41, 5.74) is 3.53. The van der Waals surface area contributed by atoms with E-state index < -0.39 is 0 Å². The van der Waals surface area contributed by atoms with Crippen molar-refractivity contribution in [3.63, 3.8) is 0 Å². The molecule has 0 saturated heterocycles. The monoisotopic (exact) mass is 410 g/mol. The van der Waals surface area contributed by atoms with Crippen LogP contribution in [0, 0.1) is 5.41 Å².